The molecule has 1 saturated heterocycles. The molecular weight excluding hydrogens is 360 g/mol. The third kappa shape index (κ3) is 4.40. The maximum Gasteiger partial charge on any atom is 0.254 e. The van der Waals surface area contributed by atoms with Crippen LogP contribution in [0.2, 0.25) is 0 Å². The molecule has 2 aliphatic rings. The van der Waals surface area contributed by atoms with E-state index in [1.54, 1.807) is 10.9 Å². The Bertz CT molecular complexity index is 815. The molecule has 0 atom stereocenters. The van der Waals surface area contributed by atoms with E-state index in [1.807, 2.05) is 14.0 Å². The van der Waals surface area contributed by atoms with Crippen LogP contribution < -0.4 is 5.32 Å². The Morgan fingerprint density at radius 1 is 1.14 bits per heavy atom. The lowest BCUT2D eigenvalue weighted by atomic mass is 9.69. The van der Waals surface area contributed by atoms with Gasteiger partial charge in [-0.15, -0.1) is 0 Å². The fourth-order valence-electron chi connectivity index (χ4n) is 5.21. The Labute approximate surface area is 174 Å². The van der Waals surface area contributed by atoms with Gasteiger partial charge < -0.3 is 10.2 Å². The number of hydrogen-bond acceptors (Lipinski definition) is 3. The number of benzene rings is 1. The molecule has 0 unspecified atom stereocenters. The van der Waals surface area contributed by atoms with Crippen molar-refractivity contribution in [3.05, 3.63) is 53.3 Å². The van der Waals surface area contributed by atoms with E-state index >= 15 is 0 Å². The molecule has 0 radical (unpaired) electrons. The van der Waals surface area contributed by atoms with Crippen molar-refractivity contribution in [3.63, 3.8) is 0 Å². The van der Waals surface area contributed by atoms with Gasteiger partial charge in [-0.1, -0.05) is 49.6 Å². The Balaban J connectivity index is 1.35. The minimum absolute atomic E-state index is 0.0158. The van der Waals surface area contributed by atoms with Gasteiger partial charge in [0.2, 0.25) is 0 Å². The monoisotopic (exact) mass is 394 g/mol. The molecule has 0 spiro atoms. The van der Waals surface area contributed by atoms with E-state index in [0.717, 1.165) is 38.2 Å². The maximum atomic E-state index is 12.6. The van der Waals surface area contributed by atoms with Crippen LogP contribution in [0.1, 0.15) is 66.6 Å². The predicted molar refractivity (Wildman–Crippen MR) is 116 cm³/mol. The number of piperidine rings is 1. The summed E-state index contributed by atoms with van der Waals surface area (Å²) in [6, 6.07) is 11.4. The molecule has 1 aromatic heterocycles. The minimum Gasteiger partial charge on any atom is -0.349 e. The molecule has 1 aromatic carbocycles. The molecule has 1 aliphatic heterocycles. The number of carbonyl (C=O) groups is 1. The van der Waals surface area contributed by atoms with Crippen molar-refractivity contribution in [1.82, 2.24) is 20.0 Å². The molecule has 1 N–H and O–H groups in total. The smallest absolute Gasteiger partial charge is 0.254 e. The quantitative estimate of drug-likeness (QED) is 0.839. The van der Waals surface area contributed by atoms with Gasteiger partial charge in [-0.05, 0) is 38.2 Å². The highest BCUT2D eigenvalue weighted by atomic mass is 16.1. The second-order valence-corrected chi connectivity index (χ2v) is 9.00. The Morgan fingerprint density at radius 3 is 2.45 bits per heavy atom. The molecule has 2 fully saturated rings. The molecule has 2 aromatic rings. The van der Waals surface area contributed by atoms with Gasteiger partial charge in [-0.25, -0.2) is 0 Å². The fourth-order valence-corrected chi connectivity index (χ4v) is 5.21. The lowest BCUT2D eigenvalue weighted by Crippen LogP contribution is -2.49. The number of nitrogens with one attached hydrogen (secondary N) is 1. The Kier molecular flexibility index (Phi) is 6.04. The zero-order valence-electron chi connectivity index (χ0n) is 17.9. The highest BCUT2D eigenvalue weighted by molar-refractivity contribution is 5.95. The molecule has 2 heterocycles. The van der Waals surface area contributed by atoms with Crippen LogP contribution in [0.5, 0.6) is 0 Å². The van der Waals surface area contributed by atoms with Crippen molar-refractivity contribution >= 4 is 5.91 Å². The van der Waals surface area contributed by atoms with Crippen LogP contribution in [0.25, 0.3) is 0 Å². The number of aromatic nitrogens is 2. The van der Waals surface area contributed by atoms with Crippen molar-refractivity contribution in [3.8, 4) is 0 Å². The summed E-state index contributed by atoms with van der Waals surface area (Å²) in [5, 5.41) is 7.43. The number of amides is 1. The first-order valence-corrected chi connectivity index (χ1v) is 11.1. The summed E-state index contributed by atoms with van der Waals surface area (Å²) in [5.41, 5.74) is 3.44. The van der Waals surface area contributed by atoms with E-state index in [1.165, 1.54) is 37.7 Å². The van der Waals surface area contributed by atoms with Gasteiger partial charge in [0, 0.05) is 43.8 Å². The zero-order chi connectivity index (χ0) is 20.3. The second-order valence-electron chi connectivity index (χ2n) is 9.00. The molecule has 5 heteroatoms. The molecule has 29 heavy (non-hydrogen) atoms. The van der Waals surface area contributed by atoms with Crippen LogP contribution in [0.15, 0.2) is 36.5 Å². The second kappa shape index (κ2) is 8.70. The van der Waals surface area contributed by atoms with Gasteiger partial charge in [-0.3, -0.25) is 9.48 Å². The Hall–Kier alpha value is -2.14. The van der Waals surface area contributed by atoms with Gasteiger partial charge in [-0.2, -0.15) is 5.10 Å². The molecule has 1 saturated carbocycles. The first-order chi connectivity index (χ1) is 14.1. The standard InChI is InChI=1S/C24H34N4O/c1-19-22(17-25-27(19)2)23(29)26-21-11-15-28(16-12-21)18-24(13-7-4-8-14-24)20-9-5-3-6-10-20/h3,5-6,9-10,17,21H,4,7-8,11-16,18H2,1-2H3,(H,26,29). The lowest BCUT2D eigenvalue weighted by molar-refractivity contribution is 0.0890. The number of likely N-dealkylation sites (tertiary alicyclic amines) is 1. The van der Waals surface area contributed by atoms with Crippen molar-refractivity contribution in [1.29, 1.82) is 0 Å². The SMILES string of the molecule is Cc1c(C(=O)NC2CCN(CC3(c4ccccc4)CCCCC3)CC2)cnn1C. The van der Waals surface area contributed by atoms with E-state index in [0.29, 0.717) is 11.0 Å². The summed E-state index contributed by atoms with van der Waals surface area (Å²) in [6.45, 7) is 5.22. The van der Waals surface area contributed by atoms with Gasteiger partial charge in [0.15, 0.2) is 0 Å². The first-order valence-electron chi connectivity index (χ1n) is 11.1. The van der Waals surface area contributed by atoms with E-state index in [4.69, 9.17) is 0 Å². The average Bonchev–Trinajstić information content (AvgIpc) is 3.09. The summed E-state index contributed by atoms with van der Waals surface area (Å²) in [7, 11) is 1.87. The van der Waals surface area contributed by atoms with Crippen LogP contribution >= 0.6 is 0 Å². The molecule has 4 rings (SSSR count). The minimum atomic E-state index is 0.0158. The summed E-state index contributed by atoms with van der Waals surface area (Å²) in [4.78, 5) is 15.2. The summed E-state index contributed by atoms with van der Waals surface area (Å²) in [6.07, 6.45) is 10.4. The molecule has 0 bridgehead atoms. The third-order valence-corrected chi connectivity index (χ3v) is 7.13. The predicted octanol–water partition coefficient (Wildman–Crippen LogP) is 3.82. The van der Waals surface area contributed by atoms with Crippen LogP contribution in [0, 0.1) is 6.92 Å². The van der Waals surface area contributed by atoms with E-state index in [9.17, 15) is 4.79 Å². The van der Waals surface area contributed by atoms with Crippen molar-refractivity contribution < 1.29 is 4.79 Å². The van der Waals surface area contributed by atoms with Crippen LogP contribution in [-0.2, 0) is 12.5 Å². The van der Waals surface area contributed by atoms with Gasteiger partial charge in [0.1, 0.15) is 0 Å². The summed E-state index contributed by atoms with van der Waals surface area (Å²) >= 11 is 0. The van der Waals surface area contributed by atoms with Crippen molar-refractivity contribution in [2.24, 2.45) is 7.05 Å². The maximum absolute atomic E-state index is 12.6. The summed E-state index contributed by atoms with van der Waals surface area (Å²) < 4.78 is 1.75. The van der Waals surface area contributed by atoms with E-state index in [-0.39, 0.29) is 11.9 Å². The number of carbonyl (C=O) groups excluding carboxylic acids is 1. The zero-order valence-corrected chi connectivity index (χ0v) is 17.9. The summed E-state index contributed by atoms with van der Waals surface area (Å²) in [5.74, 6) is 0.0158. The highest BCUT2D eigenvalue weighted by Crippen LogP contribution is 2.40. The first kappa shape index (κ1) is 20.1. The van der Waals surface area contributed by atoms with Crippen LogP contribution in [0.3, 0.4) is 0 Å². The topological polar surface area (TPSA) is 50.2 Å². The number of nitrogens with zero attached hydrogens (tertiary/aromatic N) is 3. The average molecular weight is 395 g/mol. The molecule has 5 nitrogen and oxygen atoms in total. The van der Waals surface area contributed by atoms with Crippen LogP contribution in [0.4, 0.5) is 0 Å². The fraction of sp³-hybridized carbons (Fsp3) is 0.583. The number of hydrogen-bond donors (Lipinski definition) is 1. The largest absolute Gasteiger partial charge is 0.349 e. The van der Waals surface area contributed by atoms with E-state index in [2.05, 4.69) is 45.6 Å². The Morgan fingerprint density at radius 2 is 1.83 bits per heavy atom. The van der Waals surface area contributed by atoms with Gasteiger partial charge in [0.25, 0.3) is 5.91 Å². The number of aryl methyl sites for hydroxylation is 1. The van der Waals surface area contributed by atoms with Crippen LogP contribution in [-0.4, -0.2) is 46.3 Å². The van der Waals surface area contributed by atoms with Gasteiger partial charge >= 0.3 is 0 Å². The third-order valence-electron chi connectivity index (χ3n) is 7.13. The molecule has 156 valence electrons. The van der Waals surface area contributed by atoms with Gasteiger partial charge in [0.05, 0.1) is 11.8 Å². The molecule has 1 amide bonds. The normalized spacial score (nSPS) is 20.5. The van der Waals surface area contributed by atoms with Crippen molar-refractivity contribution in [2.75, 3.05) is 19.6 Å². The van der Waals surface area contributed by atoms with E-state index < -0.39 is 0 Å². The molecule has 1 aliphatic carbocycles. The lowest BCUT2D eigenvalue weighted by Gasteiger charge is -2.43. The van der Waals surface area contributed by atoms with Crippen molar-refractivity contribution in [2.45, 2.75) is 63.3 Å². The highest BCUT2D eigenvalue weighted by Gasteiger charge is 2.36. The molecular formula is C24H34N4O. The number of rotatable bonds is 5.